The van der Waals surface area contributed by atoms with E-state index in [0.29, 0.717) is 5.69 Å². The van der Waals surface area contributed by atoms with Crippen LogP contribution in [0.4, 0.5) is 11.4 Å². The largest absolute Gasteiger partial charge is 0.478 e. The third kappa shape index (κ3) is 4.20. The molecule has 1 fully saturated rings. The molecule has 0 radical (unpaired) electrons. The first-order chi connectivity index (χ1) is 14.5. The first-order valence-corrected chi connectivity index (χ1v) is 10.1. The van der Waals surface area contributed by atoms with E-state index in [1.807, 2.05) is 49.4 Å². The van der Waals surface area contributed by atoms with Gasteiger partial charge in [-0.05, 0) is 65.9 Å². The number of amides is 1. The highest BCUT2D eigenvalue weighted by atomic mass is 16.4. The maximum Gasteiger partial charge on any atom is 0.337 e. The highest BCUT2D eigenvalue weighted by Gasteiger charge is 2.17. The normalized spacial score (nSPS) is 14.2. The molecule has 0 saturated carbocycles. The van der Waals surface area contributed by atoms with E-state index in [9.17, 15) is 14.7 Å². The summed E-state index contributed by atoms with van der Waals surface area (Å²) in [4.78, 5) is 26.5. The second kappa shape index (κ2) is 8.41. The van der Waals surface area contributed by atoms with Gasteiger partial charge in [0.25, 0.3) is 0 Å². The van der Waals surface area contributed by atoms with E-state index in [4.69, 9.17) is 0 Å². The Morgan fingerprint density at radius 2 is 1.70 bits per heavy atom. The van der Waals surface area contributed by atoms with E-state index in [0.717, 1.165) is 53.5 Å². The van der Waals surface area contributed by atoms with Gasteiger partial charge in [-0.2, -0.15) is 0 Å². The van der Waals surface area contributed by atoms with Crippen molar-refractivity contribution in [2.75, 3.05) is 23.3 Å². The molecule has 0 spiro atoms. The number of hydrogen-bond donors (Lipinski definition) is 2. The molecule has 0 aromatic heterocycles. The zero-order valence-electron chi connectivity index (χ0n) is 16.9. The number of carbonyl (C=O) groups excluding carboxylic acids is 1. The van der Waals surface area contributed by atoms with Gasteiger partial charge < -0.3 is 15.3 Å². The van der Waals surface area contributed by atoms with Gasteiger partial charge in [0.1, 0.15) is 0 Å². The molecule has 0 unspecified atom stereocenters. The van der Waals surface area contributed by atoms with Crippen molar-refractivity contribution in [3.05, 3.63) is 77.9 Å². The van der Waals surface area contributed by atoms with E-state index >= 15 is 0 Å². The molecule has 1 amide bonds. The average molecular weight is 400 g/mol. The van der Waals surface area contributed by atoms with Crippen LogP contribution in [-0.4, -0.2) is 30.1 Å². The third-order valence-electron chi connectivity index (χ3n) is 5.52. The van der Waals surface area contributed by atoms with Crippen molar-refractivity contribution >= 4 is 39.6 Å². The monoisotopic (exact) mass is 400 g/mol. The van der Waals surface area contributed by atoms with Crippen molar-refractivity contribution in [1.29, 1.82) is 0 Å². The lowest BCUT2D eigenvalue weighted by atomic mass is 10.0. The van der Waals surface area contributed by atoms with E-state index in [-0.39, 0.29) is 11.5 Å². The number of nitrogens with zero attached hydrogens (tertiary/aromatic N) is 1. The molecule has 3 aromatic rings. The van der Waals surface area contributed by atoms with Gasteiger partial charge in [0.05, 0.1) is 11.3 Å². The Balaban J connectivity index is 1.58. The Kier molecular flexibility index (Phi) is 5.53. The van der Waals surface area contributed by atoms with Crippen molar-refractivity contribution in [3.63, 3.8) is 0 Å². The van der Waals surface area contributed by atoms with Gasteiger partial charge in [-0.3, -0.25) is 4.79 Å². The SMILES string of the molecule is C/C(=C/C(=O)Nc1cc(N2CCCC2)ccc1C(=O)O)c1ccc2ccccc2c1. The summed E-state index contributed by atoms with van der Waals surface area (Å²) >= 11 is 0. The molecule has 5 nitrogen and oxygen atoms in total. The lowest BCUT2D eigenvalue weighted by Crippen LogP contribution is -2.19. The van der Waals surface area contributed by atoms with Crippen LogP contribution in [0, 0.1) is 0 Å². The van der Waals surface area contributed by atoms with Gasteiger partial charge in [-0.25, -0.2) is 4.79 Å². The summed E-state index contributed by atoms with van der Waals surface area (Å²) in [6.07, 6.45) is 3.75. The fourth-order valence-corrected chi connectivity index (χ4v) is 3.88. The number of benzene rings is 3. The Labute approximate surface area is 175 Å². The Morgan fingerprint density at radius 1 is 0.967 bits per heavy atom. The fraction of sp³-hybridized carbons (Fsp3) is 0.200. The molecule has 0 atom stereocenters. The Hall–Kier alpha value is -3.60. The van der Waals surface area contributed by atoms with Gasteiger partial charge in [0.15, 0.2) is 0 Å². The van der Waals surface area contributed by atoms with Crippen LogP contribution in [0.5, 0.6) is 0 Å². The number of allylic oxidation sites excluding steroid dienone is 1. The van der Waals surface area contributed by atoms with Crippen molar-refractivity contribution in [2.45, 2.75) is 19.8 Å². The smallest absolute Gasteiger partial charge is 0.337 e. The van der Waals surface area contributed by atoms with E-state index in [1.165, 1.54) is 6.08 Å². The van der Waals surface area contributed by atoms with Gasteiger partial charge in [0, 0.05) is 24.9 Å². The molecule has 1 heterocycles. The topological polar surface area (TPSA) is 69.6 Å². The number of nitrogens with one attached hydrogen (secondary N) is 1. The summed E-state index contributed by atoms with van der Waals surface area (Å²) < 4.78 is 0. The molecule has 3 aromatic carbocycles. The van der Waals surface area contributed by atoms with Gasteiger partial charge in [-0.1, -0.05) is 36.4 Å². The summed E-state index contributed by atoms with van der Waals surface area (Å²) in [6, 6.07) is 19.2. The van der Waals surface area contributed by atoms with Crippen molar-refractivity contribution in [3.8, 4) is 0 Å². The fourth-order valence-electron chi connectivity index (χ4n) is 3.88. The lowest BCUT2D eigenvalue weighted by molar-refractivity contribution is -0.111. The van der Waals surface area contributed by atoms with E-state index in [2.05, 4.69) is 10.2 Å². The average Bonchev–Trinajstić information content (AvgIpc) is 3.28. The maximum atomic E-state index is 12.7. The summed E-state index contributed by atoms with van der Waals surface area (Å²) in [5, 5.41) is 14.5. The number of fused-ring (bicyclic) bond motifs is 1. The molecule has 2 N–H and O–H groups in total. The molecule has 5 heteroatoms. The van der Waals surface area contributed by atoms with Crippen molar-refractivity contribution in [1.82, 2.24) is 0 Å². The predicted octanol–water partition coefficient (Wildman–Crippen LogP) is 5.18. The lowest BCUT2D eigenvalue weighted by Gasteiger charge is -2.19. The summed E-state index contributed by atoms with van der Waals surface area (Å²) in [5.41, 5.74) is 3.10. The van der Waals surface area contributed by atoms with Gasteiger partial charge in [0.2, 0.25) is 5.91 Å². The van der Waals surface area contributed by atoms with Crippen LogP contribution in [0.15, 0.2) is 66.7 Å². The molecule has 1 aliphatic rings. The molecule has 0 aliphatic carbocycles. The Bertz CT molecular complexity index is 1140. The third-order valence-corrected chi connectivity index (χ3v) is 5.52. The second-order valence-electron chi connectivity index (χ2n) is 7.61. The van der Waals surface area contributed by atoms with Gasteiger partial charge in [-0.15, -0.1) is 0 Å². The van der Waals surface area contributed by atoms with Crippen LogP contribution in [0.1, 0.15) is 35.7 Å². The molecule has 1 aliphatic heterocycles. The zero-order valence-corrected chi connectivity index (χ0v) is 16.9. The highest BCUT2D eigenvalue weighted by molar-refractivity contribution is 6.08. The number of carbonyl (C=O) groups is 2. The molecular formula is C25H24N2O3. The van der Waals surface area contributed by atoms with Gasteiger partial charge >= 0.3 is 5.97 Å². The Morgan fingerprint density at radius 3 is 2.43 bits per heavy atom. The molecule has 30 heavy (non-hydrogen) atoms. The minimum Gasteiger partial charge on any atom is -0.478 e. The molecular weight excluding hydrogens is 376 g/mol. The minimum absolute atomic E-state index is 0.0862. The van der Waals surface area contributed by atoms with Crippen LogP contribution in [0.25, 0.3) is 16.3 Å². The predicted molar refractivity (Wildman–Crippen MR) is 121 cm³/mol. The summed E-state index contributed by atoms with van der Waals surface area (Å²) in [7, 11) is 0. The van der Waals surface area contributed by atoms with Crippen LogP contribution < -0.4 is 10.2 Å². The number of aromatic carboxylic acids is 1. The van der Waals surface area contributed by atoms with Crippen LogP contribution in [0.3, 0.4) is 0 Å². The highest BCUT2D eigenvalue weighted by Crippen LogP contribution is 2.27. The van der Waals surface area contributed by atoms with Crippen LogP contribution >= 0.6 is 0 Å². The summed E-state index contributed by atoms with van der Waals surface area (Å²) in [5.74, 6) is -1.41. The second-order valence-corrected chi connectivity index (χ2v) is 7.61. The molecule has 152 valence electrons. The molecule has 0 bridgehead atoms. The zero-order chi connectivity index (χ0) is 21.1. The first-order valence-electron chi connectivity index (χ1n) is 10.1. The number of carboxylic acid groups (broad SMARTS) is 1. The summed E-state index contributed by atoms with van der Waals surface area (Å²) in [6.45, 7) is 3.77. The standard InChI is InChI=1S/C25H24N2O3/c1-17(19-9-8-18-6-2-3-7-20(18)15-19)14-24(28)26-23-16-21(27-12-4-5-13-27)10-11-22(23)25(29)30/h2-3,6-11,14-16H,4-5,12-13H2,1H3,(H,26,28)(H,29,30)/b17-14-. The van der Waals surface area contributed by atoms with E-state index in [1.54, 1.807) is 18.2 Å². The van der Waals surface area contributed by atoms with Crippen molar-refractivity contribution in [2.24, 2.45) is 0 Å². The van der Waals surface area contributed by atoms with Crippen LogP contribution in [0.2, 0.25) is 0 Å². The van der Waals surface area contributed by atoms with E-state index < -0.39 is 5.97 Å². The number of carboxylic acids is 1. The first kappa shape index (κ1) is 19.7. The molecule has 4 rings (SSSR count). The number of rotatable bonds is 5. The number of anilines is 2. The maximum absolute atomic E-state index is 12.7. The van der Waals surface area contributed by atoms with Crippen molar-refractivity contribution < 1.29 is 14.7 Å². The number of hydrogen-bond acceptors (Lipinski definition) is 3. The van der Waals surface area contributed by atoms with Crippen LogP contribution in [-0.2, 0) is 4.79 Å². The quantitative estimate of drug-likeness (QED) is 0.579. The minimum atomic E-state index is -1.06. The molecule has 1 saturated heterocycles.